The minimum atomic E-state index is -0.508. The van der Waals surface area contributed by atoms with Crippen molar-refractivity contribution >= 4 is 17.5 Å². The number of hydrogen-bond acceptors (Lipinski definition) is 3. The third-order valence-corrected chi connectivity index (χ3v) is 3.53. The predicted molar refractivity (Wildman–Crippen MR) is 92.9 cm³/mol. The average Bonchev–Trinajstić information content (AvgIpc) is 2.85. The number of nitrogens with zero attached hydrogens (tertiary/aromatic N) is 1. The van der Waals surface area contributed by atoms with Gasteiger partial charge in [-0.3, -0.25) is 5.32 Å². The molecule has 0 atom stereocenters. The number of urea groups is 1. The van der Waals surface area contributed by atoms with Crippen LogP contribution in [-0.2, 0) is 10.8 Å². The van der Waals surface area contributed by atoms with E-state index < -0.39 is 6.03 Å². The van der Waals surface area contributed by atoms with Crippen LogP contribution in [0.4, 0.5) is 20.7 Å². The van der Waals surface area contributed by atoms with Gasteiger partial charge in [0, 0.05) is 17.2 Å². The average molecular weight is 333 g/mol. The molecule has 0 bridgehead atoms. The molecule has 0 aliphatic rings. The first-order valence-electron chi connectivity index (χ1n) is 7.82. The van der Waals surface area contributed by atoms with Crippen LogP contribution in [0.1, 0.15) is 52.9 Å². The van der Waals surface area contributed by atoms with Crippen molar-refractivity contribution in [2.24, 2.45) is 0 Å². The van der Waals surface area contributed by atoms with Gasteiger partial charge in [0.15, 0.2) is 5.82 Å². The Labute approximate surface area is 141 Å². The van der Waals surface area contributed by atoms with E-state index in [1.165, 1.54) is 6.07 Å². The molecule has 2 rings (SSSR count). The van der Waals surface area contributed by atoms with Gasteiger partial charge in [0.1, 0.15) is 11.6 Å². The molecule has 2 N–H and O–H groups in total. The number of benzene rings is 1. The largest absolute Gasteiger partial charge is 0.359 e. The number of carbonyl (C=O) groups excluding carboxylic acids is 1. The second-order valence-electron chi connectivity index (χ2n) is 7.85. The summed E-state index contributed by atoms with van der Waals surface area (Å²) >= 11 is 0. The number of anilines is 2. The van der Waals surface area contributed by atoms with Gasteiger partial charge in [0.2, 0.25) is 0 Å². The van der Waals surface area contributed by atoms with Crippen molar-refractivity contribution in [1.29, 1.82) is 0 Å². The van der Waals surface area contributed by atoms with Gasteiger partial charge in [-0.15, -0.1) is 0 Å². The van der Waals surface area contributed by atoms with E-state index in [-0.39, 0.29) is 16.6 Å². The first-order chi connectivity index (χ1) is 11.0. The molecule has 1 aromatic carbocycles. The Balaban J connectivity index is 2.05. The quantitative estimate of drug-likeness (QED) is 0.808. The van der Waals surface area contributed by atoms with Crippen LogP contribution in [0.2, 0.25) is 0 Å². The van der Waals surface area contributed by atoms with Crippen molar-refractivity contribution in [2.45, 2.75) is 52.4 Å². The third-order valence-electron chi connectivity index (χ3n) is 3.53. The minimum absolute atomic E-state index is 0.199. The standard InChI is InChI=1S/C18H24FN3O2/c1-17(2,3)12-8-7-11(9-13(12)19)20-16(23)21-15-10-14(24-22-15)18(4,5)6/h7-10H,1-6H3,(H2,20,21,22,23). The summed E-state index contributed by atoms with van der Waals surface area (Å²) in [4.78, 5) is 12.0. The molecule has 0 aliphatic heterocycles. The van der Waals surface area contributed by atoms with E-state index >= 15 is 0 Å². The Hall–Kier alpha value is -2.37. The number of carbonyl (C=O) groups is 1. The molecule has 0 saturated carbocycles. The molecule has 5 nitrogen and oxygen atoms in total. The molecule has 6 heteroatoms. The molecule has 1 heterocycles. The molecule has 0 fully saturated rings. The van der Waals surface area contributed by atoms with Crippen LogP contribution in [0.5, 0.6) is 0 Å². The molecule has 130 valence electrons. The summed E-state index contributed by atoms with van der Waals surface area (Å²) in [5.74, 6) is 0.624. The van der Waals surface area contributed by atoms with Crippen molar-refractivity contribution in [2.75, 3.05) is 10.6 Å². The van der Waals surface area contributed by atoms with Crippen LogP contribution in [0.25, 0.3) is 0 Å². The molecule has 0 unspecified atom stereocenters. The molecular weight excluding hydrogens is 309 g/mol. The summed E-state index contributed by atoms with van der Waals surface area (Å²) in [7, 11) is 0. The number of aromatic nitrogens is 1. The number of hydrogen-bond donors (Lipinski definition) is 2. The predicted octanol–water partition coefficient (Wildman–Crippen LogP) is 5.05. The molecule has 1 aromatic heterocycles. The lowest BCUT2D eigenvalue weighted by molar-refractivity contribution is 0.262. The first kappa shape index (κ1) is 18.0. The summed E-state index contributed by atoms with van der Waals surface area (Å²) in [6.45, 7) is 11.7. The van der Waals surface area contributed by atoms with Crippen molar-refractivity contribution in [1.82, 2.24) is 5.16 Å². The highest BCUT2D eigenvalue weighted by atomic mass is 19.1. The molecular formula is C18H24FN3O2. The lowest BCUT2D eigenvalue weighted by atomic mass is 9.86. The zero-order valence-corrected chi connectivity index (χ0v) is 15.0. The van der Waals surface area contributed by atoms with E-state index in [0.717, 1.165) is 0 Å². The number of halogens is 1. The summed E-state index contributed by atoms with van der Waals surface area (Å²) in [5, 5.41) is 8.96. The van der Waals surface area contributed by atoms with E-state index in [0.29, 0.717) is 22.8 Å². The Morgan fingerprint density at radius 2 is 1.71 bits per heavy atom. The van der Waals surface area contributed by atoms with Gasteiger partial charge in [-0.25, -0.2) is 9.18 Å². The molecule has 0 spiro atoms. The minimum Gasteiger partial charge on any atom is -0.359 e. The van der Waals surface area contributed by atoms with E-state index in [2.05, 4.69) is 15.8 Å². The van der Waals surface area contributed by atoms with Gasteiger partial charge in [-0.05, 0) is 23.1 Å². The third kappa shape index (κ3) is 4.34. The number of amides is 2. The summed E-state index contributed by atoms with van der Waals surface area (Å²) < 4.78 is 19.4. The fourth-order valence-electron chi connectivity index (χ4n) is 2.17. The van der Waals surface area contributed by atoms with Crippen LogP contribution in [0.3, 0.4) is 0 Å². The molecule has 0 saturated heterocycles. The van der Waals surface area contributed by atoms with E-state index in [1.54, 1.807) is 18.2 Å². The summed E-state index contributed by atoms with van der Waals surface area (Å²) in [6, 6.07) is 5.82. The number of nitrogens with one attached hydrogen (secondary N) is 2. The van der Waals surface area contributed by atoms with Crippen LogP contribution >= 0.6 is 0 Å². The monoisotopic (exact) mass is 333 g/mol. The lowest BCUT2D eigenvalue weighted by Gasteiger charge is -2.20. The fourth-order valence-corrected chi connectivity index (χ4v) is 2.17. The maximum absolute atomic E-state index is 14.2. The second-order valence-corrected chi connectivity index (χ2v) is 7.85. The van der Waals surface area contributed by atoms with Crippen LogP contribution in [0.15, 0.2) is 28.8 Å². The van der Waals surface area contributed by atoms with Crippen LogP contribution in [0, 0.1) is 5.82 Å². The zero-order valence-electron chi connectivity index (χ0n) is 15.0. The Kier molecular flexibility index (Phi) is 4.69. The molecule has 24 heavy (non-hydrogen) atoms. The highest BCUT2D eigenvalue weighted by molar-refractivity contribution is 5.99. The van der Waals surface area contributed by atoms with E-state index in [4.69, 9.17) is 4.52 Å². The smallest absolute Gasteiger partial charge is 0.324 e. The van der Waals surface area contributed by atoms with Gasteiger partial charge < -0.3 is 9.84 Å². The van der Waals surface area contributed by atoms with Crippen molar-refractivity contribution in [3.8, 4) is 0 Å². The van der Waals surface area contributed by atoms with Gasteiger partial charge in [0.05, 0.1) is 0 Å². The topological polar surface area (TPSA) is 67.2 Å². The molecule has 0 aliphatic carbocycles. The van der Waals surface area contributed by atoms with Crippen molar-refractivity contribution < 1.29 is 13.7 Å². The van der Waals surface area contributed by atoms with Crippen LogP contribution < -0.4 is 10.6 Å². The maximum atomic E-state index is 14.2. The highest BCUT2D eigenvalue weighted by Crippen LogP contribution is 2.27. The summed E-state index contributed by atoms with van der Waals surface area (Å²) in [5.41, 5.74) is 0.474. The molecule has 0 radical (unpaired) electrons. The lowest BCUT2D eigenvalue weighted by Crippen LogP contribution is -2.20. The number of rotatable bonds is 2. The van der Waals surface area contributed by atoms with E-state index in [9.17, 15) is 9.18 Å². The molecule has 2 amide bonds. The van der Waals surface area contributed by atoms with Crippen molar-refractivity contribution in [3.63, 3.8) is 0 Å². The summed E-state index contributed by atoms with van der Waals surface area (Å²) in [6.07, 6.45) is 0. The zero-order chi connectivity index (χ0) is 18.1. The SMILES string of the molecule is CC(C)(C)c1cc(NC(=O)Nc2ccc(C(C)(C)C)c(F)c2)no1. The van der Waals surface area contributed by atoms with Gasteiger partial charge >= 0.3 is 6.03 Å². The Morgan fingerprint density at radius 1 is 1.04 bits per heavy atom. The second kappa shape index (κ2) is 6.26. The van der Waals surface area contributed by atoms with Gasteiger partial charge in [-0.2, -0.15) is 0 Å². The van der Waals surface area contributed by atoms with E-state index in [1.807, 2.05) is 41.5 Å². The van der Waals surface area contributed by atoms with Gasteiger partial charge in [-0.1, -0.05) is 52.8 Å². The first-order valence-corrected chi connectivity index (χ1v) is 7.82. The van der Waals surface area contributed by atoms with Gasteiger partial charge in [0.25, 0.3) is 0 Å². The Bertz CT molecular complexity index is 739. The van der Waals surface area contributed by atoms with Crippen molar-refractivity contribution in [3.05, 3.63) is 41.4 Å². The normalized spacial score (nSPS) is 12.1. The maximum Gasteiger partial charge on any atom is 0.324 e. The fraction of sp³-hybridized carbons (Fsp3) is 0.444. The van der Waals surface area contributed by atoms with Crippen LogP contribution in [-0.4, -0.2) is 11.2 Å². The Morgan fingerprint density at radius 3 is 2.21 bits per heavy atom. The highest BCUT2D eigenvalue weighted by Gasteiger charge is 2.21. The molecule has 2 aromatic rings.